The van der Waals surface area contributed by atoms with Crippen molar-refractivity contribution in [1.29, 1.82) is 0 Å². The molecule has 1 aliphatic heterocycles. The summed E-state index contributed by atoms with van der Waals surface area (Å²) in [5.41, 5.74) is 7.56. The second kappa shape index (κ2) is 3.40. The quantitative estimate of drug-likeness (QED) is 0.695. The molecule has 1 heterocycles. The van der Waals surface area contributed by atoms with Crippen molar-refractivity contribution in [3.63, 3.8) is 0 Å². The van der Waals surface area contributed by atoms with E-state index in [1.165, 1.54) is 0 Å². The maximum Gasteiger partial charge on any atom is 0.163 e. The fourth-order valence-corrected chi connectivity index (χ4v) is 1.48. The molecule has 0 aromatic heterocycles. The first-order valence-corrected chi connectivity index (χ1v) is 4.90. The van der Waals surface area contributed by atoms with E-state index in [0.29, 0.717) is 6.61 Å². The first-order chi connectivity index (χ1) is 6.70. The average molecular weight is 193 g/mol. The number of fused-ring (bicyclic) bond motifs is 1. The standard InChI is InChI=1S/C11H15NO2/c1-3-8-6-13-10-5-9(12)7(2)4-11(10)14-8/h4-5,8H,3,6,12H2,1-2H3/t8-/m0/s1. The Labute approximate surface area is 83.8 Å². The minimum Gasteiger partial charge on any atom is -0.486 e. The molecule has 0 radical (unpaired) electrons. The van der Waals surface area contributed by atoms with Crippen LogP contribution in [0.4, 0.5) is 5.69 Å². The van der Waals surface area contributed by atoms with Gasteiger partial charge in [0.1, 0.15) is 12.7 Å². The summed E-state index contributed by atoms with van der Waals surface area (Å²) in [6.45, 7) is 4.67. The van der Waals surface area contributed by atoms with Gasteiger partial charge in [0.25, 0.3) is 0 Å². The lowest BCUT2D eigenvalue weighted by atomic mass is 10.1. The summed E-state index contributed by atoms with van der Waals surface area (Å²) in [4.78, 5) is 0. The molecule has 1 aromatic rings. The molecule has 0 fully saturated rings. The largest absolute Gasteiger partial charge is 0.486 e. The Morgan fingerprint density at radius 1 is 1.43 bits per heavy atom. The lowest BCUT2D eigenvalue weighted by molar-refractivity contribution is 0.0884. The van der Waals surface area contributed by atoms with Gasteiger partial charge in [-0.05, 0) is 25.0 Å². The van der Waals surface area contributed by atoms with Crippen molar-refractivity contribution in [3.8, 4) is 11.5 Å². The Bertz CT molecular complexity index is 349. The summed E-state index contributed by atoms with van der Waals surface area (Å²) < 4.78 is 11.3. The molecule has 3 heteroatoms. The number of benzene rings is 1. The summed E-state index contributed by atoms with van der Waals surface area (Å²) >= 11 is 0. The Balaban J connectivity index is 2.33. The molecule has 2 rings (SSSR count). The lowest BCUT2D eigenvalue weighted by Gasteiger charge is -2.26. The van der Waals surface area contributed by atoms with Gasteiger partial charge in [-0.25, -0.2) is 0 Å². The van der Waals surface area contributed by atoms with Gasteiger partial charge in [-0.2, -0.15) is 0 Å². The van der Waals surface area contributed by atoms with Crippen molar-refractivity contribution < 1.29 is 9.47 Å². The smallest absolute Gasteiger partial charge is 0.163 e. The van der Waals surface area contributed by atoms with Crippen LogP contribution in [0, 0.1) is 6.92 Å². The maximum atomic E-state index is 5.78. The second-order valence-corrected chi connectivity index (χ2v) is 3.61. The lowest BCUT2D eigenvalue weighted by Crippen LogP contribution is -2.28. The minimum absolute atomic E-state index is 0.172. The predicted octanol–water partition coefficient (Wildman–Crippen LogP) is 2.13. The summed E-state index contributed by atoms with van der Waals surface area (Å²) in [5.74, 6) is 1.58. The summed E-state index contributed by atoms with van der Waals surface area (Å²) in [6, 6.07) is 3.77. The van der Waals surface area contributed by atoms with Crippen molar-refractivity contribution in [2.45, 2.75) is 26.4 Å². The normalized spacial score (nSPS) is 19.4. The third-order valence-electron chi connectivity index (χ3n) is 2.51. The van der Waals surface area contributed by atoms with Gasteiger partial charge in [-0.15, -0.1) is 0 Å². The molecule has 0 amide bonds. The van der Waals surface area contributed by atoms with Crippen molar-refractivity contribution in [2.75, 3.05) is 12.3 Å². The van der Waals surface area contributed by atoms with Gasteiger partial charge >= 0.3 is 0 Å². The third kappa shape index (κ3) is 1.50. The second-order valence-electron chi connectivity index (χ2n) is 3.61. The molecule has 1 aromatic carbocycles. The number of hydrogen-bond acceptors (Lipinski definition) is 3. The number of ether oxygens (including phenoxy) is 2. The molecular weight excluding hydrogens is 178 g/mol. The van der Waals surface area contributed by atoms with E-state index >= 15 is 0 Å². The van der Waals surface area contributed by atoms with E-state index in [0.717, 1.165) is 29.2 Å². The van der Waals surface area contributed by atoms with Crippen molar-refractivity contribution in [1.82, 2.24) is 0 Å². The number of anilines is 1. The molecule has 3 nitrogen and oxygen atoms in total. The van der Waals surface area contributed by atoms with Crippen LogP contribution >= 0.6 is 0 Å². The molecule has 14 heavy (non-hydrogen) atoms. The molecule has 0 saturated heterocycles. The third-order valence-corrected chi connectivity index (χ3v) is 2.51. The highest BCUT2D eigenvalue weighted by Crippen LogP contribution is 2.35. The summed E-state index contributed by atoms with van der Waals surface area (Å²) in [7, 11) is 0. The first-order valence-electron chi connectivity index (χ1n) is 4.90. The number of nitrogens with two attached hydrogens (primary N) is 1. The van der Waals surface area contributed by atoms with E-state index in [9.17, 15) is 0 Å². The first kappa shape index (κ1) is 9.19. The zero-order chi connectivity index (χ0) is 10.1. The number of hydrogen-bond donors (Lipinski definition) is 1. The Morgan fingerprint density at radius 3 is 2.93 bits per heavy atom. The van der Waals surface area contributed by atoms with Crippen LogP contribution in [-0.2, 0) is 0 Å². The molecule has 0 saturated carbocycles. The minimum atomic E-state index is 0.172. The van der Waals surface area contributed by atoms with E-state index in [1.54, 1.807) is 0 Å². The van der Waals surface area contributed by atoms with Gasteiger partial charge in [-0.1, -0.05) is 6.92 Å². The number of aryl methyl sites for hydroxylation is 1. The molecule has 0 unspecified atom stereocenters. The Hall–Kier alpha value is -1.38. The van der Waals surface area contributed by atoms with E-state index in [-0.39, 0.29) is 6.10 Å². The van der Waals surface area contributed by atoms with E-state index in [1.807, 2.05) is 19.1 Å². The van der Waals surface area contributed by atoms with Crippen LogP contribution in [0.15, 0.2) is 12.1 Å². The van der Waals surface area contributed by atoms with Gasteiger partial charge in [0.05, 0.1) is 0 Å². The van der Waals surface area contributed by atoms with E-state index < -0.39 is 0 Å². The molecule has 0 spiro atoms. The Morgan fingerprint density at radius 2 is 2.21 bits per heavy atom. The highest BCUT2D eigenvalue weighted by Gasteiger charge is 2.20. The SMILES string of the molecule is CC[C@H]1COc2cc(N)c(C)cc2O1. The van der Waals surface area contributed by atoms with Gasteiger partial charge in [0, 0.05) is 11.8 Å². The number of rotatable bonds is 1. The molecule has 1 aliphatic rings. The molecule has 76 valence electrons. The van der Waals surface area contributed by atoms with E-state index in [2.05, 4.69) is 6.92 Å². The van der Waals surface area contributed by atoms with Crippen molar-refractivity contribution in [3.05, 3.63) is 17.7 Å². The molecule has 0 bridgehead atoms. The van der Waals surface area contributed by atoms with Crippen LogP contribution in [0.1, 0.15) is 18.9 Å². The zero-order valence-electron chi connectivity index (χ0n) is 8.54. The topological polar surface area (TPSA) is 44.5 Å². The van der Waals surface area contributed by atoms with Crippen LogP contribution in [-0.4, -0.2) is 12.7 Å². The summed E-state index contributed by atoms with van der Waals surface area (Å²) in [6.07, 6.45) is 1.13. The number of nitrogen functional groups attached to an aromatic ring is 1. The van der Waals surface area contributed by atoms with Crippen LogP contribution in [0.2, 0.25) is 0 Å². The molecule has 1 atom stereocenters. The van der Waals surface area contributed by atoms with Gasteiger partial charge in [0.2, 0.25) is 0 Å². The van der Waals surface area contributed by atoms with E-state index in [4.69, 9.17) is 15.2 Å². The van der Waals surface area contributed by atoms with Crippen molar-refractivity contribution in [2.24, 2.45) is 0 Å². The average Bonchev–Trinajstić information content (AvgIpc) is 2.19. The van der Waals surface area contributed by atoms with Crippen LogP contribution < -0.4 is 15.2 Å². The van der Waals surface area contributed by atoms with Gasteiger partial charge in [-0.3, -0.25) is 0 Å². The maximum absolute atomic E-state index is 5.78. The highest BCUT2D eigenvalue weighted by atomic mass is 16.6. The molecule has 2 N–H and O–H groups in total. The fraction of sp³-hybridized carbons (Fsp3) is 0.455. The van der Waals surface area contributed by atoms with Crippen molar-refractivity contribution >= 4 is 5.69 Å². The van der Waals surface area contributed by atoms with Gasteiger partial charge in [0.15, 0.2) is 11.5 Å². The fourth-order valence-electron chi connectivity index (χ4n) is 1.48. The zero-order valence-corrected chi connectivity index (χ0v) is 8.54. The van der Waals surface area contributed by atoms with Crippen LogP contribution in [0.3, 0.4) is 0 Å². The molecule has 0 aliphatic carbocycles. The van der Waals surface area contributed by atoms with Crippen LogP contribution in [0.5, 0.6) is 11.5 Å². The highest BCUT2D eigenvalue weighted by molar-refractivity contribution is 5.57. The molecular formula is C11H15NO2. The summed E-state index contributed by atoms with van der Waals surface area (Å²) in [5, 5.41) is 0. The van der Waals surface area contributed by atoms with Gasteiger partial charge < -0.3 is 15.2 Å². The predicted molar refractivity (Wildman–Crippen MR) is 55.8 cm³/mol. The van der Waals surface area contributed by atoms with Crippen LogP contribution in [0.25, 0.3) is 0 Å². The Kier molecular flexibility index (Phi) is 2.23. The monoisotopic (exact) mass is 193 g/mol.